The summed E-state index contributed by atoms with van der Waals surface area (Å²) < 4.78 is 13.5. The Kier molecular flexibility index (Phi) is 6.22. The van der Waals surface area contributed by atoms with Gasteiger partial charge in [-0.3, -0.25) is 9.59 Å². The van der Waals surface area contributed by atoms with E-state index >= 15 is 0 Å². The summed E-state index contributed by atoms with van der Waals surface area (Å²) in [7, 11) is 0. The molecule has 34 heavy (non-hydrogen) atoms. The second kappa shape index (κ2) is 9.61. The molecule has 170 valence electrons. The van der Waals surface area contributed by atoms with Crippen LogP contribution in [0, 0.1) is 5.82 Å². The molecule has 5 rings (SSSR count). The normalized spacial score (nSPS) is 19.7. The Morgan fingerprint density at radius 2 is 1.68 bits per heavy atom. The van der Waals surface area contributed by atoms with Crippen molar-refractivity contribution < 1.29 is 14.0 Å². The van der Waals surface area contributed by atoms with E-state index in [1.165, 1.54) is 23.9 Å². The first kappa shape index (κ1) is 22.0. The van der Waals surface area contributed by atoms with Gasteiger partial charge in [-0.15, -0.1) is 0 Å². The summed E-state index contributed by atoms with van der Waals surface area (Å²) in [6, 6.07) is 25.0. The molecule has 0 aromatic heterocycles. The van der Waals surface area contributed by atoms with Crippen LogP contribution in [0.25, 0.3) is 0 Å². The molecule has 0 unspecified atom stereocenters. The number of halogens is 1. The molecule has 2 aliphatic heterocycles. The van der Waals surface area contributed by atoms with Gasteiger partial charge in [0, 0.05) is 18.5 Å². The summed E-state index contributed by atoms with van der Waals surface area (Å²) >= 11 is 1.24. The molecule has 0 fully saturated rings. The predicted octanol–water partition coefficient (Wildman–Crippen LogP) is 5.00. The van der Waals surface area contributed by atoms with E-state index in [9.17, 15) is 14.0 Å². The Hall–Kier alpha value is -3.78. The first-order chi connectivity index (χ1) is 16.6. The van der Waals surface area contributed by atoms with Gasteiger partial charge in [-0.05, 0) is 35.4 Å². The number of nitrogens with one attached hydrogen (secondary N) is 1. The molecule has 0 saturated carbocycles. The van der Waals surface area contributed by atoms with Gasteiger partial charge in [-0.2, -0.15) is 10.1 Å². The molecule has 0 saturated heterocycles. The summed E-state index contributed by atoms with van der Waals surface area (Å²) in [4.78, 5) is 29.4. The van der Waals surface area contributed by atoms with Gasteiger partial charge in [0.25, 0.3) is 5.91 Å². The van der Waals surface area contributed by atoms with E-state index in [2.05, 4.69) is 10.3 Å². The fraction of sp³-hybridized carbons (Fsp3) is 0.154. The van der Waals surface area contributed by atoms with E-state index in [0.29, 0.717) is 17.3 Å². The highest BCUT2D eigenvalue weighted by Gasteiger charge is 2.39. The van der Waals surface area contributed by atoms with Gasteiger partial charge < -0.3 is 5.32 Å². The number of hydrogen-bond donors (Lipinski definition) is 1. The Bertz CT molecular complexity index is 1260. The maximum absolute atomic E-state index is 13.5. The number of thioether (sulfide) groups is 1. The molecule has 0 bridgehead atoms. The summed E-state index contributed by atoms with van der Waals surface area (Å²) in [5.74, 6) is -0.923. The minimum Gasteiger partial charge on any atom is -0.326 e. The highest BCUT2D eigenvalue weighted by atomic mass is 32.2. The Balaban J connectivity index is 1.35. The van der Waals surface area contributed by atoms with Crippen LogP contribution >= 0.6 is 11.8 Å². The SMILES string of the molecule is O=C(C[C@@H]1SC(N2N=C(c3ccccc3)C[C@H]2c2ccc(F)cc2)=NC1=O)Nc1ccccc1. The topological polar surface area (TPSA) is 74.1 Å². The molecule has 0 spiro atoms. The number of hydrogen-bond acceptors (Lipinski definition) is 5. The van der Waals surface area contributed by atoms with Crippen molar-refractivity contribution in [2.45, 2.75) is 24.1 Å². The number of nitrogens with zero attached hydrogens (tertiary/aromatic N) is 3. The van der Waals surface area contributed by atoms with Crippen molar-refractivity contribution in [3.8, 4) is 0 Å². The summed E-state index contributed by atoms with van der Waals surface area (Å²) in [6.45, 7) is 0. The third kappa shape index (κ3) is 4.77. The van der Waals surface area contributed by atoms with Crippen LogP contribution in [0.4, 0.5) is 10.1 Å². The van der Waals surface area contributed by atoms with Crippen LogP contribution in [-0.4, -0.2) is 33.0 Å². The summed E-state index contributed by atoms with van der Waals surface area (Å²) in [5, 5.41) is 9.15. The van der Waals surface area contributed by atoms with Gasteiger partial charge in [0.15, 0.2) is 5.17 Å². The average Bonchev–Trinajstić information content (AvgIpc) is 3.45. The van der Waals surface area contributed by atoms with Gasteiger partial charge in [-0.25, -0.2) is 9.40 Å². The molecular weight excluding hydrogens is 451 g/mol. The first-order valence-electron chi connectivity index (χ1n) is 10.9. The lowest BCUT2D eigenvalue weighted by Crippen LogP contribution is -2.25. The fourth-order valence-corrected chi connectivity index (χ4v) is 5.00. The van der Waals surface area contributed by atoms with E-state index in [-0.39, 0.29) is 30.1 Å². The highest BCUT2D eigenvalue weighted by molar-refractivity contribution is 8.15. The summed E-state index contributed by atoms with van der Waals surface area (Å²) in [6.07, 6.45) is 0.596. The molecule has 3 aromatic rings. The number of rotatable bonds is 5. The van der Waals surface area contributed by atoms with Crippen molar-refractivity contribution in [1.82, 2.24) is 5.01 Å². The van der Waals surface area contributed by atoms with E-state index in [4.69, 9.17) is 5.10 Å². The number of para-hydroxylation sites is 1. The van der Waals surface area contributed by atoms with Crippen molar-refractivity contribution in [3.63, 3.8) is 0 Å². The quantitative estimate of drug-likeness (QED) is 0.567. The van der Waals surface area contributed by atoms with Crippen molar-refractivity contribution >= 4 is 40.1 Å². The zero-order chi connectivity index (χ0) is 23.5. The van der Waals surface area contributed by atoms with Crippen molar-refractivity contribution in [2.75, 3.05) is 5.32 Å². The number of carbonyl (C=O) groups is 2. The smallest absolute Gasteiger partial charge is 0.262 e. The van der Waals surface area contributed by atoms with E-state index in [1.807, 2.05) is 48.5 Å². The second-order valence-electron chi connectivity index (χ2n) is 7.99. The number of aliphatic imine (C=N–C) groups is 1. The lowest BCUT2D eigenvalue weighted by Gasteiger charge is -2.23. The predicted molar refractivity (Wildman–Crippen MR) is 132 cm³/mol. The van der Waals surface area contributed by atoms with Crippen LogP contribution in [0.5, 0.6) is 0 Å². The molecule has 2 amide bonds. The monoisotopic (exact) mass is 472 g/mol. The standard InChI is InChI=1S/C26H21FN4O2S/c27-19-13-11-18(12-14-19)22-15-21(17-7-3-1-4-8-17)30-31(22)26-29-25(33)23(34-26)16-24(32)28-20-9-5-2-6-10-20/h1-14,22-23H,15-16H2,(H,28,32)/t22-,23-/m0/s1. The Morgan fingerprint density at radius 1 is 1.00 bits per heavy atom. The van der Waals surface area contributed by atoms with Gasteiger partial charge in [0.1, 0.15) is 11.1 Å². The minimum atomic E-state index is -0.622. The fourth-order valence-electron chi connectivity index (χ4n) is 3.94. The number of carbonyl (C=O) groups excluding carboxylic acids is 2. The van der Waals surface area contributed by atoms with E-state index in [0.717, 1.165) is 16.8 Å². The van der Waals surface area contributed by atoms with Gasteiger partial charge in [0.2, 0.25) is 5.91 Å². The van der Waals surface area contributed by atoms with Crippen LogP contribution in [0.15, 0.2) is 95.0 Å². The van der Waals surface area contributed by atoms with Crippen molar-refractivity contribution in [1.29, 1.82) is 0 Å². The molecule has 3 aromatic carbocycles. The van der Waals surface area contributed by atoms with Crippen LogP contribution in [0.3, 0.4) is 0 Å². The molecule has 1 N–H and O–H groups in total. The maximum atomic E-state index is 13.5. The zero-order valence-electron chi connectivity index (χ0n) is 18.1. The van der Waals surface area contributed by atoms with Crippen LogP contribution in [0.1, 0.15) is 30.0 Å². The zero-order valence-corrected chi connectivity index (χ0v) is 18.9. The highest BCUT2D eigenvalue weighted by Crippen LogP contribution is 2.38. The van der Waals surface area contributed by atoms with Crippen LogP contribution < -0.4 is 5.32 Å². The van der Waals surface area contributed by atoms with Crippen LogP contribution in [0.2, 0.25) is 0 Å². The van der Waals surface area contributed by atoms with Crippen molar-refractivity contribution in [2.24, 2.45) is 10.1 Å². The maximum Gasteiger partial charge on any atom is 0.262 e. The molecule has 0 aliphatic carbocycles. The van der Waals surface area contributed by atoms with Gasteiger partial charge in [0.05, 0.1) is 11.8 Å². The number of amides is 2. The van der Waals surface area contributed by atoms with Crippen LogP contribution in [-0.2, 0) is 9.59 Å². The van der Waals surface area contributed by atoms with E-state index < -0.39 is 5.25 Å². The lowest BCUT2D eigenvalue weighted by molar-refractivity contribution is -0.121. The number of anilines is 1. The van der Waals surface area contributed by atoms with Gasteiger partial charge in [-0.1, -0.05) is 72.4 Å². The van der Waals surface area contributed by atoms with Gasteiger partial charge >= 0.3 is 0 Å². The van der Waals surface area contributed by atoms with E-state index in [1.54, 1.807) is 29.3 Å². The molecule has 8 heteroatoms. The number of hydrazone groups is 1. The third-order valence-corrected chi connectivity index (χ3v) is 6.77. The molecule has 2 atom stereocenters. The third-order valence-electron chi connectivity index (χ3n) is 5.63. The molecule has 6 nitrogen and oxygen atoms in total. The van der Waals surface area contributed by atoms with Crippen molar-refractivity contribution in [3.05, 3.63) is 102 Å². The largest absolute Gasteiger partial charge is 0.326 e. The minimum absolute atomic E-state index is 0.00963. The summed E-state index contributed by atoms with van der Waals surface area (Å²) in [5.41, 5.74) is 3.39. The Morgan fingerprint density at radius 3 is 2.38 bits per heavy atom. The molecule has 2 heterocycles. The number of benzene rings is 3. The molecule has 2 aliphatic rings. The number of amidine groups is 1. The molecular formula is C26H21FN4O2S. The Labute approximate surface area is 200 Å². The molecule has 0 radical (unpaired) electrons. The second-order valence-corrected chi connectivity index (χ2v) is 9.16. The lowest BCUT2D eigenvalue weighted by atomic mass is 9.99. The average molecular weight is 473 g/mol. The first-order valence-corrected chi connectivity index (χ1v) is 11.8.